The second-order valence-electron chi connectivity index (χ2n) is 32.4. The molecule has 21 rings (SSSR count). The van der Waals surface area contributed by atoms with E-state index in [4.69, 9.17) is 2.74 Å². The maximum absolute atomic E-state index is 11.7. The van der Waals surface area contributed by atoms with E-state index in [1.165, 1.54) is 4.57 Å². The van der Waals surface area contributed by atoms with Crippen molar-refractivity contribution in [2.45, 2.75) is 78.6 Å². The van der Waals surface area contributed by atoms with Crippen molar-refractivity contribution in [3.05, 3.63) is 343 Å². The van der Waals surface area contributed by atoms with E-state index in [9.17, 15) is 24.5 Å². The van der Waals surface area contributed by atoms with Crippen molar-refractivity contribution < 1.29 is 21.9 Å². The third-order valence-electron chi connectivity index (χ3n) is 22.9. The zero-order valence-electron chi connectivity index (χ0n) is 78.6. The molecule has 0 aliphatic carbocycles. The van der Waals surface area contributed by atoms with E-state index in [2.05, 4.69) is 184 Å². The monoisotopic (exact) mass is 1440 g/mol. The average Bonchev–Trinajstić information content (AvgIpc) is 1.39. The van der Waals surface area contributed by atoms with Crippen LogP contribution in [0.15, 0.2) is 321 Å². The maximum atomic E-state index is 11.7. The number of nitrogens with zero attached hydrogens (tertiary/aromatic N) is 7. The largest absolute Gasteiger partial charge is 0.311 e. The molecule has 0 amide bonds. The molecule has 530 valence electrons. The van der Waals surface area contributed by atoms with Crippen LogP contribution in [0.4, 0.5) is 34.1 Å². The molecule has 0 saturated heterocycles. The molecule has 0 saturated carbocycles. The summed E-state index contributed by atoms with van der Waals surface area (Å²) in [6.45, 7) is 19.0. The highest BCUT2D eigenvalue weighted by Gasteiger charge is 2.46. The minimum Gasteiger partial charge on any atom is -0.311 e. The summed E-state index contributed by atoms with van der Waals surface area (Å²) >= 11 is 0. The van der Waals surface area contributed by atoms with Crippen molar-refractivity contribution in [1.29, 1.82) is 5.26 Å². The number of nitriles is 1. The SMILES string of the molecule is [2H]c1c([2H])c([2H])c2c(c1[2H])c1c([2H])c([2H])c([2H])c([2H])c1n2-c1ccc2c(c1)N(c1ccc(C#N)c(-n3c4ccccc4c4ccccc43)c1)c1cc(-n3c4ccc(C(C)(C)C)cc4c4cc(C(C)(C)C)ccc43)cc3c1B2c1ccc(-n2c4c([2H])c([2H])c([2H])c([2H])c4c4c([2H])c([2H])c([2H])c([2H])c42)cc1N3c1c(-c2ccccc2)cc(C(C)(C)C)cc1-c1ccccc1. The summed E-state index contributed by atoms with van der Waals surface area (Å²) in [4.78, 5) is 4.50. The van der Waals surface area contributed by atoms with Gasteiger partial charge in [0.1, 0.15) is 6.07 Å². The molecule has 2 aliphatic rings. The number of anilines is 6. The van der Waals surface area contributed by atoms with Crippen LogP contribution < -0.4 is 26.2 Å². The van der Waals surface area contributed by atoms with Crippen LogP contribution >= 0.6 is 0 Å². The molecule has 111 heavy (non-hydrogen) atoms. The number of aromatic nitrogens is 4. The Morgan fingerprint density at radius 1 is 0.297 bits per heavy atom. The van der Waals surface area contributed by atoms with Gasteiger partial charge in [-0.1, -0.05) is 256 Å². The van der Waals surface area contributed by atoms with Gasteiger partial charge in [0.25, 0.3) is 6.71 Å². The van der Waals surface area contributed by atoms with Crippen LogP contribution in [0.3, 0.4) is 0 Å². The fourth-order valence-electron chi connectivity index (χ4n) is 17.6. The predicted octanol–water partition coefficient (Wildman–Crippen LogP) is 25.3. The molecular weight excluding hydrogens is 1350 g/mol. The van der Waals surface area contributed by atoms with E-state index >= 15 is 0 Å². The molecular formula is C103H80BN7. The molecule has 0 unspecified atom stereocenters. The highest BCUT2D eigenvalue weighted by Crippen LogP contribution is 2.54. The molecule has 7 nitrogen and oxygen atoms in total. The second-order valence-corrected chi connectivity index (χ2v) is 32.4. The molecule has 0 bridgehead atoms. The molecule has 19 aromatic rings. The van der Waals surface area contributed by atoms with E-state index < -0.39 is 109 Å². The third-order valence-corrected chi connectivity index (χ3v) is 22.9. The summed E-state index contributed by atoms with van der Waals surface area (Å²) in [5.74, 6) is 0. The molecule has 0 spiro atoms. The normalized spacial score (nSPS) is 15.0. The topological polar surface area (TPSA) is 50.0 Å². The van der Waals surface area contributed by atoms with Crippen LogP contribution in [-0.4, -0.2) is 25.0 Å². The first-order chi connectivity index (χ1) is 60.6. The second kappa shape index (κ2) is 24.3. The van der Waals surface area contributed by atoms with Gasteiger partial charge in [-0.15, -0.1) is 0 Å². The zero-order chi connectivity index (χ0) is 89.0. The minimum absolute atomic E-state index is 0.0750. The van der Waals surface area contributed by atoms with Crippen molar-refractivity contribution in [1.82, 2.24) is 18.3 Å². The summed E-state index contributed by atoms with van der Waals surface area (Å²) in [7, 11) is 0. The molecule has 2 aliphatic heterocycles. The maximum Gasteiger partial charge on any atom is 0.252 e. The average molecular weight is 1440 g/mol. The Morgan fingerprint density at radius 3 is 1.13 bits per heavy atom. The van der Waals surface area contributed by atoms with Crippen LogP contribution in [0.5, 0.6) is 0 Å². The van der Waals surface area contributed by atoms with Gasteiger partial charge in [0.15, 0.2) is 0 Å². The van der Waals surface area contributed by atoms with Crippen LogP contribution in [0.25, 0.3) is 132 Å². The van der Waals surface area contributed by atoms with E-state index in [1.807, 2.05) is 127 Å². The molecule has 6 heterocycles. The lowest BCUT2D eigenvalue weighted by Gasteiger charge is -2.45. The lowest BCUT2D eigenvalue weighted by atomic mass is 9.33. The van der Waals surface area contributed by atoms with Gasteiger partial charge in [-0.2, -0.15) is 5.26 Å². The van der Waals surface area contributed by atoms with Gasteiger partial charge in [0, 0.05) is 94.0 Å². The Kier molecular flexibility index (Phi) is 11.2. The van der Waals surface area contributed by atoms with Gasteiger partial charge in [0.2, 0.25) is 0 Å². The van der Waals surface area contributed by atoms with E-state index in [1.54, 1.807) is 4.57 Å². The number of para-hydroxylation sites is 6. The van der Waals surface area contributed by atoms with Gasteiger partial charge in [0.05, 0.1) is 88.7 Å². The summed E-state index contributed by atoms with van der Waals surface area (Å²) in [5.41, 5.74) is 16.5. The Balaban J connectivity index is 0.995. The standard InChI is InChI=1S/C103H80BN7/c1-101(2,3)67-45-52-92-82(54-67)83-55-68(102(4,5)6)46-53-93(83)109(92)73-61-97-99-98(62-73)111(100-80(64-28-12-10-13-29-64)56-69(103(7,8)9)57-81(100)65-30-14-11-15-31-65)96-60-72(107-88-40-24-18-34-76(88)77-35-19-25-41-89(77)107)49-51-85(96)104(99)84-50-48-71(106-86-38-22-16-32-74(86)75-33-17-23-39-87(75)106)59-95(84)108(97)70-47-44-66(63-105)94(58-70)110-90-42-26-20-36-78(90)79-37-21-27-43-91(79)110/h10-62H,1-9H3/i16D,17D,18D,19D,22D,23D,24D,25D,32D,33D,34D,35D,38D,39D,40D,41D. The van der Waals surface area contributed by atoms with Crippen LogP contribution in [0.1, 0.15) is 106 Å². The highest BCUT2D eigenvalue weighted by atomic mass is 15.2. The van der Waals surface area contributed by atoms with E-state index in [-0.39, 0.29) is 65.8 Å². The lowest BCUT2D eigenvalue weighted by Crippen LogP contribution is -2.61. The summed E-state index contributed by atoms with van der Waals surface area (Å²) in [5, 5.41) is 15.2. The van der Waals surface area contributed by atoms with Gasteiger partial charge in [-0.3, -0.25) is 0 Å². The van der Waals surface area contributed by atoms with E-state index in [0.29, 0.717) is 56.3 Å². The highest BCUT2D eigenvalue weighted by molar-refractivity contribution is 7.00. The quantitative estimate of drug-likeness (QED) is 0.142. The number of rotatable bonds is 8. The first-order valence-corrected chi connectivity index (χ1v) is 37.6. The Labute approximate surface area is 669 Å². The van der Waals surface area contributed by atoms with Crippen molar-refractivity contribution in [3.8, 4) is 51.1 Å². The summed E-state index contributed by atoms with van der Waals surface area (Å²) in [6.07, 6.45) is 0. The van der Waals surface area contributed by atoms with Crippen molar-refractivity contribution >= 4 is 144 Å². The molecule has 15 aromatic carbocycles. The number of hydrogen-bond acceptors (Lipinski definition) is 3. The van der Waals surface area contributed by atoms with E-state index in [0.717, 1.165) is 93.7 Å². The molecule has 0 radical (unpaired) electrons. The number of hydrogen-bond donors (Lipinski definition) is 0. The zero-order valence-corrected chi connectivity index (χ0v) is 62.6. The van der Waals surface area contributed by atoms with Crippen LogP contribution in [0, 0.1) is 11.3 Å². The number of fused-ring (bicyclic) bond motifs is 16. The summed E-state index contributed by atoms with van der Waals surface area (Å²) in [6, 6.07) is 70.4. The van der Waals surface area contributed by atoms with Gasteiger partial charge >= 0.3 is 0 Å². The molecule has 4 aromatic heterocycles. The molecule has 0 N–H and O–H groups in total. The number of benzene rings is 15. The molecule has 0 atom stereocenters. The van der Waals surface area contributed by atoms with Gasteiger partial charge < -0.3 is 28.1 Å². The van der Waals surface area contributed by atoms with Gasteiger partial charge in [-0.05, 0) is 188 Å². The fourth-order valence-corrected chi connectivity index (χ4v) is 17.6. The van der Waals surface area contributed by atoms with Crippen molar-refractivity contribution in [2.24, 2.45) is 0 Å². The van der Waals surface area contributed by atoms with Gasteiger partial charge in [-0.25, -0.2) is 0 Å². The minimum atomic E-state index is -0.855. The van der Waals surface area contributed by atoms with Crippen molar-refractivity contribution in [3.63, 3.8) is 0 Å². The molecule has 0 fully saturated rings. The lowest BCUT2D eigenvalue weighted by molar-refractivity contribution is 0.590. The Bertz CT molecular complexity index is 7860. The first-order valence-electron chi connectivity index (χ1n) is 45.6. The fraction of sp³-hybridized carbons (Fsp3) is 0.117. The summed E-state index contributed by atoms with van der Waals surface area (Å²) < 4.78 is 160. The Morgan fingerprint density at radius 2 is 0.676 bits per heavy atom. The molecule has 8 heteroatoms. The smallest absolute Gasteiger partial charge is 0.252 e. The van der Waals surface area contributed by atoms with Crippen LogP contribution in [-0.2, 0) is 16.2 Å². The Hall–Kier alpha value is -13.3. The predicted molar refractivity (Wildman–Crippen MR) is 470 cm³/mol. The first kappa shape index (κ1) is 51.1. The van der Waals surface area contributed by atoms with Crippen molar-refractivity contribution in [2.75, 3.05) is 9.80 Å². The third kappa shape index (κ3) is 10.0. The van der Waals surface area contributed by atoms with Crippen LogP contribution in [0.2, 0.25) is 0 Å².